The molecular weight excluding hydrogens is 151 g/mol. The Balaban J connectivity index is 0. The van der Waals surface area contributed by atoms with Crippen LogP contribution in [-0.4, -0.2) is 12.3 Å². The quantitative estimate of drug-likeness (QED) is 0.447. The monoisotopic (exact) mass is 168 g/mol. The lowest BCUT2D eigenvalue weighted by Crippen LogP contribution is -1.87. The van der Waals surface area contributed by atoms with Crippen LogP contribution in [0.4, 0.5) is 0 Å². The molecule has 0 rings (SSSR count). The third kappa shape index (κ3) is 12.0. The van der Waals surface area contributed by atoms with Gasteiger partial charge in [-0.15, -0.1) is 21.0 Å². The van der Waals surface area contributed by atoms with Crippen molar-refractivity contribution in [1.29, 1.82) is 0 Å². The number of hydrogen-bond acceptors (Lipinski definition) is 0. The van der Waals surface area contributed by atoms with E-state index in [1.165, 1.54) is 27.3 Å². The molecule has 0 radical (unpaired) electrons. The van der Waals surface area contributed by atoms with Crippen molar-refractivity contribution in [3.05, 3.63) is 0 Å². The zero-order chi connectivity index (χ0) is 6.41. The van der Waals surface area contributed by atoms with Crippen LogP contribution in [0.1, 0.15) is 27.2 Å². The summed E-state index contributed by atoms with van der Waals surface area (Å²) in [5, 5.41) is 0. The first kappa shape index (κ1) is 12.4. The molecule has 0 saturated carbocycles. The molecule has 0 aromatic heterocycles. The molecule has 9 heavy (non-hydrogen) atoms. The van der Waals surface area contributed by atoms with Crippen LogP contribution in [-0.2, 0) is 0 Å². The molecule has 0 heterocycles. The number of hydrogen-bond donors (Lipinski definition) is 0. The molecule has 0 saturated heterocycles. The van der Waals surface area contributed by atoms with Gasteiger partial charge in [0.1, 0.15) is 0 Å². The van der Waals surface area contributed by atoms with E-state index < -0.39 is 0 Å². The van der Waals surface area contributed by atoms with Crippen LogP contribution in [0.15, 0.2) is 0 Å². The van der Waals surface area contributed by atoms with Gasteiger partial charge in [0.25, 0.3) is 0 Å². The van der Waals surface area contributed by atoms with Crippen LogP contribution in [0.2, 0.25) is 0 Å². The van der Waals surface area contributed by atoms with E-state index in [4.69, 9.17) is 0 Å². The lowest BCUT2D eigenvalue weighted by Gasteiger charge is -2.00. The van der Waals surface area contributed by atoms with Gasteiger partial charge < -0.3 is 0 Å². The van der Waals surface area contributed by atoms with Gasteiger partial charge in [-0.05, 0) is 24.7 Å². The molecular formula is C7H18ClP. The fourth-order valence-electron chi connectivity index (χ4n) is 0.568. The summed E-state index contributed by atoms with van der Waals surface area (Å²) in [6.07, 6.45) is 4.26. The highest BCUT2D eigenvalue weighted by Gasteiger charge is 1.90. The first-order valence-corrected chi connectivity index (χ1v) is 4.89. The van der Waals surface area contributed by atoms with E-state index >= 15 is 0 Å². The third-order valence-electron chi connectivity index (χ3n) is 1.15. The minimum Gasteiger partial charge on any atom is -0.147 e. The summed E-state index contributed by atoms with van der Waals surface area (Å²) in [5.41, 5.74) is 0. The van der Waals surface area contributed by atoms with Crippen LogP contribution >= 0.6 is 21.0 Å². The van der Waals surface area contributed by atoms with E-state index in [1.807, 2.05) is 0 Å². The Hall–Kier alpha value is 0.720. The Morgan fingerprint density at radius 2 is 1.89 bits per heavy atom. The van der Waals surface area contributed by atoms with Crippen molar-refractivity contribution in [1.82, 2.24) is 0 Å². The van der Waals surface area contributed by atoms with Crippen LogP contribution in [0, 0.1) is 5.92 Å². The fourth-order valence-corrected chi connectivity index (χ4v) is 1.70. The lowest BCUT2D eigenvalue weighted by molar-refractivity contribution is 0.631. The maximum Gasteiger partial charge on any atom is -0.0351 e. The van der Waals surface area contributed by atoms with Gasteiger partial charge in [0.2, 0.25) is 0 Å². The summed E-state index contributed by atoms with van der Waals surface area (Å²) in [4.78, 5) is 0. The Morgan fingerprint density at radius 1 is 1.33 bits per heavy atom. The van der Waals surface area contributed by atoms with E-state index in [-0.39, 0.29) is 12.4 Å². The molecule has 0 N–H and O–H groups in total. The van der Waals surface area contributed by atoms with E-state index in [0.717, 1.165) is 5.92 Å². The van der Waals surface area contributed by atoms with Gasteiger partial charge in [0.15, 0.2) is 0 Å². The van der Waals surface area contributed by atoms with Crippen molar-refractivity contribution >= 4 is 21.0 Å². The highest BCUT2D eigenvalue weighted by atomic mass is 35.5. The average molecular weight is 169 g/mol. The molecule has 0 aliphatic heterocycles. The van der Waals surface area contributed by atoms with Crippen molar-refractivity contribution in [2.45, 2.75) is 27.2 Å². The highest BCUT2D eigenvalue weighted by Crippen LogP contribution is 2.13. The number of halogens is 1. The molecule has 1 atom stereocenters. The Bertz CT molecular complexity index is 46.2. The maximum atomic E-state index is 2.29. The first-order chi connectivity index (χ1) is 3.77. The second-order valence-electron chi connectivity index (χ2n) is 2.54. The molecule has 0 amide bonds. The molecule has 58 valence electrons. The topological polar surface area (TPSA) is 0 Å². The SMILES string of the molecule is CCPCCC(C)C.Cl. The summed E-state index contributed by atoms with van der Waals surface area (Å²) in [5.74, 6) is 0.911. The van der Waals surface area contributed by atoms with Gasteiger partial charge in [0, 0.05) is 0 Å². The highest BCUT2D eigenvalue weighted by molar-refractivity contribution is 7.37. The van der Waals surface area contributed by atoms with Crippen LogP contribution < -0.4 is 0 Å². The fraction of sp³-hybridized carbons (Fsp3) is 1.00. The van der Waals surface area contributed by atoms with Crippen molar-refractivity contribution in [2.75, 3.05) is 12.3 Å². The van der Waals surface area contributed by atoms with E-state index in [1.54, 1.807) is 0 Å². The van der Waals surface area contributed by atoms with Crippen molar-refractivity contribution < 1.29 is 0 Å². The smallest absolute Gasteiger partial charge is 0.0351 e. The van der Waals surface area contributed by atoms with Crippen LogP contribution in [0.25, 0.3) is 0 Å². The summed E-state index contributed by atoms with van der Waals surface area (Å²) >= 11 is 0. The van der Waals surface area contributed by atoms with Gasteiger partial charge in [-0.2, -0.15) is 0 Å². The molecule has 0 spiro atoms. The predicted octanol–water partition coefficient (Wildman–Crippen LogP) is 3.15. The molecule has 0 nitrogen and oxygen atoms in total. The summed E-state index contributed by atoms with van der Waals surface area (Å²) in [6, 6.07) is 0. The molecule has 0 aliphatic carbocycles. The summed E-state index contributed by atoms with van der Waals surface area (Å²) < 4.78 is 0. The van der Waals surface area contributed by atoms with Gasteiger partial charge in [0.05, 0.1) is 0 Å². The van der Waals surface area contributed by atoms with E-state index in [2.05, 4.69) is 20.8 Å². The zero-order valence-electron chi connectivity index (χ0n) is 6.61. The molecule has 2 heteroatoms. The average Bonchev–Trinajstić information content (AvgIpc) is 1.66. The minimum absolute atomic E-state index is 0. The lowest BCUT2D eigenvalue weighted by atomic mass is 10.2. The Labute approximate surface area is 67.0 Å². The molecule has 0 aromatic rings. The number of rotatable bonds is 4. The van der Waals surface area contributed by atoms with Crippen LogP contribution in [0.3, 0.4) is 0 Å². The molecule has 0 aromatic carbocycles. The Morgan fingerprint density at radius 3 is 2.22 bits per heavy atom. The maximum absolute atomic E-state index is 2.29. The van der Waals surface area contributed by atoms with E-state index in [0.29, 0.717) is 0 Å². The molecule has 0 aliphatic rings. The summed E-state index contributed by atoms with van der Waals surface area (Å²) in [7, 11) is 1.21. The van der Waals surface area contributed by atoms with Crippen molar-refractivity contribution in [2.24, 2.45) is 5.92 Å². The third-order valence-corrected chi connectivity index (χ3v) is 2.29. The minimum atomic E-state index is 0. The summed E-state index contributed by atoms with van der Waals surface area (Å²) in [6.45, 7) is 6.85. The second-order valence-corrected chi connectivity index (χ2v) is 4.24. The molecule has 0 bridgehead atoms. The normalized spacial score (nSPS) is 10.7. The zero-order valence-corrected chi connectivity index (χ0v) is 8.42. The molecule has 1 unspecified atom stereocenters. The van der Waals surface area contributed by atoms with Gasteiger partial charge in [-0.3, -0.25) is 0 Å². The van der Waals surface area contributed by atoms with Gasteiger partial charge in [-0.25, -0.2) is 0 Å². The van der Waals surface area contributed by atoms with Crippen molar-refractivity contribution in [3.8, 4) is 0 Å². The Kier molecular flexibility index (Phi) is 12.0. The van der Waals surface area contributed by atoms with Gasteiger partial charge >= 0.3 is 0 Å². The largest absolute Gasteiger partial charge is 0.147 e. The second kappa shape index (κ2) is 8.72. The van der Waals surface area contributed by atoms with Gasteiger partial charge in [-0.1, -0.05) is 20.8 Å². The predicted molar refractivity (Wildman–Crippen MR) is 50.4 cm³/mol. The molecule has 0 fully saturated rings. The standard InChI is InChI=1S/C7H17P.ClH/c1-4-8-6-5-7(2)3;/h7-8H,4-6H2,1-3H3;1H. The first-order valence-electron chi connectivity index (χ1n) is 3.48. The van der Waals surface area contributed by atoms with E-state index in [9.17, 15) is 0 Å². The van der Waals surface area contributed by atoms with Crippen molar-refractivity contribution in [3.63, 3.8) is 0 Å². The van der Waals surface area contributed by atoms with Crippen LogP contribution in [0.5, 0.6) is 0 Å².